The van der Waals surface area contributed by atoms with E-state index in [1.807, 2.05) is 12.1 Å². The largest absolute Gasteiger partial charge is 0.399 e. The summed E-state index contributed by atoms with van der Waals surface area (Å²) in [4.78, 5) is 2.31. The molecule has 2 nitrogen and oxygen atoms in total. The van der Waals surface area contributed by atoms with Gasteiger partial charge in [0.1, 0.15) is 0 Å². The highest BCUT2D eigenvalue weighted by atomic mass is 15.1. The molecule has 18 heavy (non-hydrogen) atoms. The average Bonchev–Trinajstić information content (AvgIpc) is 2.35. The van der Waals surface area contributed by atoms with Crippen LogP contribution in [-0.2, 0) is 13.1 Å². The van der Waals surface area contributed by atoms with E-state index >= 15 is 0 Å². The van der Waals surface area contributed by atoms with Crippen LogP contribution in [0.3, 0.4) is 0 Å². The van der Waals surface area contributed by atoms with E-state index in [1.165, 1.54) is 11.1 Å². The fraction of sp³-hybridized carbons (Fsp3) is 0.250. The summed E-state index contributed by atoms with van der Waals surface area (Å²) in [5.74, 6) is 0. The minimum Gasteiger partial charge on any atom is -0.399 e. The summed E-state index contributed by atoms with van der Waals surface area (Å²) in [6.07, 6.45) is 0. The van der Waals surface area contributed by atoms with Gasteiger partial charge in [-0.2, -0.15) is 0 Å². The maximum Gasteiger partial charge on any atom is 0.0343 e. The van der Waals surface area contributed by atoms with E-state index in [1.54, 1.807) is 0 Å². The number of nitrogens with zero attached hydrogens (tertiary/aromatic N) is 1. The third-order valence-corrected chi connectivity index (χ3v) is 3.08. The Hall–Kier alpha value is -1.80. The molecule has 2 aromatic carbocycles. The van der Waals surface area contributed by atoms with E-state index in [0.29, 0.717) is 0 Å². The zero-order valence-corrected chi connectivity index (χ0v) is 11.1. The smallest absolute Gasteiger partial charge is 0.0343 e. The first kappa shape index (κ1) is 12.7. The zero-order chi connectivity index (χ0) is 13.0. The summed E-state index contributed by atoms with van der Waals surface area (Å²) in [7, 11) is 2.14. The first-order valence-corrected chi connectivity index (χ1v) is 6.22. The molecule has 0 aromatic heterocycles. The van der Waals surface area contributed by atoms with Crippen molar-refractivity contribution in [2.75, 3.05) is 12.8 Å². The monoisotopic (exact) mass is 240 g/mol. The van der Waals surface area contributed by atoms with Crippen LogP contribution in [0.1, 0.15) is 16.7 Å². The quantitative estimate of drug-likeness (QED) is 0.831. The lowest BCUT2D eigenvalue weighted by Crippen LogP contribution is -2.17. The molecule has 0 atom stereocenters. The molecule has 0 aliphatic rings. The molecular weight excluding hydrogens is 220 g/mol. The van der Waals surface area contributed by atoms with Crippen molar-refractivity contribution in [3.8, 4) is 0 Å². The van der Waals surface area contributed by atoms with Crippen LogP contribution in [0, 0.1) is 6.92 Å². The number of nitrogen functional groups attached to an aromatic ring is 1. The molecule has 0 bridgehead atoms. The first-order chi connectivity index (χ1) is 8.65. The molecule has 2 N–H and O–H groups in total. The minimum absolute atomic E-state index is 0.865. The molecule has 0 heterocycles. The van der Waals surface area contributed by atoms with Gasteiger partial charge in [-0.25, -0.2) is 0 Å². The molecule has 0 radical (unpaired) electrons. The summed E-state index contributed by atoms with van der Waals surface area (Å²) < 4.78 is 0. The van der Waals surface area contributed by atoms with Gasteiger partial charge in [0.25, 0.3) is 0 Å². The van der Waals surface area contributed by atoms with Crippen LogP contribution < -0.4 is 5.73 Å². The van der Waals surface area contributed by atoms with Gasteiger partial charge in [-0.1, -0.05) is 42.5 Å². The van der Waals surface area contributed by atoms with Crippen molar-refractivity contribution >= 4 is 5.69 Å². The first-order valence-electron chi connectivity index (χ1n) is 6.22. The van der Waals surface area contributed by atoms with Gasteiger partial charge in [0.2, 0.25) is 0 Å². The predicted molar refractivity (Wildman–Crippen MR) is 77.2 cm³/mol. The highest BCUT2D eigenvalue weighted by Gasteiger charge is 2.03. The highest BCUT2D eigenvalue weighted by Crippen LogP contribution is 2.14. The molecule has 0 spiro atoms. The Kier molecular flexibility index (Phi) is 4.00. The van der Waals surface area contributed by atoms with Crippen LogP contribution in [0.4, 0.5) is 5.69 Å². The van der Waals surface area contributed by atoms with E-state index in [9.17, 15) is 0 Å². The number of aryl methyl sites for hydroxylation is 1. The van der Waals surface area contributed by atoms with Gasteiger partial charge in [0.15, 0.2) is 0 Å². The average molecular weight is 240 g/mol. The number of hydrogen-bond donors (Lipinski definition) is 1. The third kappa shape index (κ3) is 3.34. The number of anilines is 1. The fourth-order valence-corrected chi connectivity index (χ4v) is 2.10. The van der Waals surface area contributed by atoms with Gasteiger partial charge >= 0.3 is 0 Å². The second kappa shape index (κ2) is 5.69. The van der Waals surface area contributed by atoms with Gasteiger partial charge in [0.05, 0.1) is 0 Å². The maximum absolute atomic E-state index is 5.83. The van der Waals surface area contributed by atoms with Crippen LogP contribution in [-0.4, -0.2) is 11.9 Å². The lowest BCUT2D eigenvalue weighted by molar-refractivity contribution is 0.319. The summed E-state index contributed by atoms with van der Waals surface area (Å²) >= 11 is 0. The zero-order valence-electron chi connectivity index (χ0n) is 11.1. The van der Waals surface area contributed by atoms with Crippen LogP contribution in [0.2, 0.25) is 0 Å². The molecule has 0 aliphatic carbocycles. The van der Waals surface area contributed by atoms with Crippen molar-refractivity contribution in [2.24, 2.45) is 0 Å². The normalized spacial score (nSPS) is 10.8. The SMILES string of the molecule is Cc1cc(CN(C)Cc2ccccc2)ccc1N. The summed E-state index contributed by atoms with van der Waals surface area (Å²) in [6, 6.07) is 16.8. The van der Waals surface area contributed by atoms with E-state index in [4.69, 9.17) is 5.73 Å². The minimum atomic E-state index is 0.865. The van der Waals surface area contributed by atoms with Gasteiger partial charge in [-0.15, -0.1) is 0 Å². The van der Waals surface area contributed by atoms with Crippen LogP contribution in [0.5, 0.6) is 0 Å². The van der Waals surface area contributed by atoms with Crippen molar-refractivity contribution in [3.63, 3.8) is 0 Å². The standard InChI is InChI=1S/C16H20N2/c1-13-10-15(8-9-16(13)17)12-18(2)11-14-6-4-3-5-7-14/h3-10H,11-12,17H2,1-2H3. The van der Waals surface area contributed by atoms with E-state index < -0.39 is 0 Å². The van der Waals surface area contributed by atoms with Crippen molar-refractivity contribution in [2.45, 2.75) is 20.0 Å². The van der Waals surface area contributed by atoms with Crippen molar-refractivity contribution in [1.29, 1.82) is 0 Å². The van der Waals surface area contributed by atoms with Gasteiger partial charge in [-0.3, -0.25) is 4.90 Å². The topological polar surface area (TPSA) is 29.3 Å². The highest BCUT2D eigenvalue weighted by molar-refractivity contribution is 5.47. The molecule has 2 aromatic rings. The van der Waals surface area contributed by atoms with Gasteiger partial charge < -0.3 is 5.73 Å². The molecule has 94 valence electrons. The number of benzene rings is 2. The Morgan fingerprint density at radius 3 is 2.28 bits per heavy atom. The Balaban J connectivity index is 1.99. The number of rotatable bonds is 4. The molecular formula is C16H20N2. The molecule has 0 saturated carbocycles. The lowest BCUT2D eigenvalue weighted by Gasteiger charge is -2.17. The summed E-state index contributed by atoms with van der Waals surface area (Å²) in [6.45, 7) is 3.95. The molecule has 0 amide bonds. The van der Waals surface area contributed by atoms with Crippen molar-refractivity contribution < 1.29 is 0 Å². The number of hydrogen-bond acceptors (Lipinski definition) is 2. The van der Waals surface area contributed by atoms with Crippen molar-refractivity contribution in [3.05, 3.63) is 65.2 Å². The van der Waals surface area contributed by atoms with E-state index in [2.05, 4.69) is 55.3 Å². The molecule has 0 fully saturated rings. The fourth-order valence-electron chi connectivity index (χ4n) is 2.10. The third-order valence-electron chi connectivity index (χ3n) is 3.08. The molecule has 2 heteroatoms. The molecule has 2 rings (SSSR count). The van der Waals surface area contributed by atoms with Gasteiger partial charge in [0, 0.05) is 18.8 Å². The number of nitrogens with two attached hydrogens (primary N) is 1. The van der Waals surface area contributed by atoms with Gasteiger partial charge in [-0.05, 0) is 36.7 Å². The Bertz CT molecular complexity index is 506. The summed E-state index contributed by atoms with van der Waals surface area (Å²) in [5.41, 5.74) is 10.5. The van der Waals surface area contributed by atoms with Crippen LogP contribution in [0.15, 0.2) is 48.5 Å². The Morgan fingerprint density at radius 1 is 0.944 bits per heavy atom. The van der Waals surface area contributed by atoms with Crippen LogP contribution >= 0.6 is 0 Å². The molecule has 0 unspecified atom stereocenters. The second-order valence-electron chi connectivity index (χ2n) is 4.85. The Morgan fingerprint density at radius 2 is 1.61 bits per heavy atom. The predicted octanol–water partition coefficient (Wildman–Crippen LogP) is 3.21. The molecule has 0 saturated heterocycles. The summed E-state index contributed by atoms with van der Waals surface area (Å²) in [5, 5.41) is 0. The Labute approximate surface area is 109 Å². The van der Waals surface area contributed by atoms with E-state index in [0.717, 1.165) is 24.3 Å². The van der Waals surface area contributed by atoms with Crippen LogP contribution in [0.25, 0.3) is 0 Å². The maximum atomic E-state index is 5.83. The second-order valence-corrected chi connectivity index (χ2v) is 4.85. The van der Waals surface area contributed by atoms with Crippen molar-refractivity contribution in [1.82, 2.24) is 4.90 Å². The lowest BCUT2D eigenvalue weighted by atomic mass is 10.1. The molecule has 0 aliphatic heterocycles. The van der Waals surface area contributed by atoms with E-state index in [-0.39, 0.29) is 0 Å².